The minimum Gasteiger partial charge on any atom is -0.352 e. The van der Waals surface area contributed by atoms with Crippen LogP contribution >= 0.6 is 0 Å². The number of fused-ring (bicyclic) bond motifs is 1. The summed E-state index contributed by atoms with van der Waals surface area (Å²) in [5, 5.41) is 3.13. The van der Waals surface area contributed by atoms with E-state index in [1.165, 1.54) is 4.57 Å². The summed E-state index contributed by atoms with van der Waals surface area (Å²) in [6, 6.07) is 10.0. The van der Waals surface area contributed by atoms with E-state index in [0.29, 0.717) is 30.2 Å². The first-order valence-electron chi connectivity index (χ1n) is 7.70. The molecule has 0 aliphatic rings. The van der Waals surface area contributed by atoms with Gasteiger partial charge in [-0.1, -0.05) is 36.4 Å². The van der Waals surface area contributed by atoms with Crippen molar-refractivity contribution in [1.29, 1.82) is 0 Å². The predicted octanol–water partition coefficient (Wildman–Crippen LogP) is 1.26. The topological polar surface area (TPSA) is 84.7 Å². The number of aromatic nitrogens is 4. The van der Waals surface area contributed by atoms with Gasteiger partial charge in [0.15, 0.2) is 11.2 Å². The van der Waals surface area contributed by atoms with Crippen molar-refractivity contribution in [1.82, 2.24) is 19.1 Å². The zero-order valence-corrected chi connectivity index (χ0v) is 13.5. The maximum atomic E-state index is 12.3. The van der Waals surface area contributed by atoms with Gasteiger partial charge in [0.2, 0.25) is 5.95 Å². The van der Waals surface area contributed by atoms with E-state index in [9.17, 15) is 9.59 Å². The molecule has 1 aromatic carbocycles. The molecule has 3 aromatic rings. The number of nitrogens with one attached hydrogen (secondary N) is 2. The number of aromatic amines is 1. The second-order valence-electron chi connectivity index (χ2n) is 5.48. The molecule has 0 radical (unpaired) electrons. The third-order valence-corrected chi connectivity index (χ3v) is 3.88. The molecule has 0 atom stereocenters. The highest BCUT2D eigenvalue weighted by Crippen LogP contribution is 2.16. The molecule has 2 N–H and O–H groups in total. The molecule has 7 heteroatoms. The van der Waals surface area contributed by atoms with Gasteiger partial charge in [-0.3, -0.25) is 14.3 Å². The van der Waals surface area contributed by atoms with E-state index < -0.39 is 11.2 Å². The summed E-state index contributed by atoms with van der Waals surface area (Å²) in [6.45, 7) is 4.76. The Kier molecular flexibility index (Phi) is 4.33. The quantitative estimate of drug-likeness (QED) is 0.668. The zero-order valence-electron chi connectivity index (χ0n) is 13.5. The monoisotopic (exact) mass is 325 g/mol. The second-order valence-corrected chi connectivity index (χ2v) is 5.48. The Balaban J connectivity index is 2.08. The van der Waals surface area contributed by atoms with E-state index in [1.54, 1.807) is 13.1 Å². The molecule has 0 aliphatic carbocycles. The highest BCUT2D eigenvalue weighted by Gasteiger charge is 2.16. The van der Waals surface area contributed by atoms with E-state index in [4.69, 9.17) is 0 Å². The van der Waals surface area contributed by atoms with E-state index in [2.05, 4.69) is 21.9 Å². The number of hydrogen-bond donors (Lipinski definition) is 2. The van der Waals surface area contributed by atoms with Crippen LogP contribution < -0.4 is 16.6 Å². The van der Waals surface area contributed by atoms with Crippen LogP contribution in [0.1, 0.15) is 5.56 Å². The Labute approximate surface area is 138 Å². The van der Waals surface area contributed by atoms with Crippen molar-refractivity contribution in [2.24, 2.45) is 7.05 Å². The number of benzene rings is 1. The van der Waals surface area contributed by atoms with Crippen molar-refractivity contribution >= 4 is 17.1 Å². The summed E-state index contributed by atoms with van der Waals surface area (Å²) in [5.74, 6) is 0.549. The Morgan fingerprint density at radius 3 is 2.75 bits per heavy atom. The molecule has 0 saturated carbocycles. The molecule has 2 aromatic heterocycles. The summed E-state index contributed by atoms with van der Waals surface area (Å²) in [7, 11) is 1.59. The molecule has 124 valence electrons. The van der Waals surface area contributed by atoms with Crippen LogP contribution in [0, 0.1) is 0 Å². The van der Waals surface area contributed by atoms with Crippen molar-refractivity contribution < 1.29 is 0 Å². The predicted molar refractivity (Wildman–Crippen MR) is 94.4 cm³/mol. The number of H-pyrrole nitrogens is 1. The fourth-order valence-electron chi connectivity index (χ4n) is 2.64. The number of imidazole rings is 1. The molecule has 0 spiro atoms. The van der Waals surface area contributed by atoms with Gasteiger partial charge in [0.05, 0.1) is 0 Å². The third kappa shape index (κ3) is 2.88. The van der Waals surface area contributed by atoms with Gasteiger partial charge in [-0.25, -0.2) is 4.79 Å². The van der Waals surface area contributed by atoms with E-state index in [0.717, 1.165) is 12.0 Å². The molecule has 0 saturated heterocycles. The number of aryl methyl sites for hydroxylation is 3. The van der Waals surface area contributed by atoms with Gasteiger partial charge in [0, 0.05) is 20.1 Å². The van der Waals surface area contributed by atoms with Crippen molar-refractivity contribution in [3.8, 4) is 0 Å². The first kappa shape index (κ1) is 15.8. The van der Waals surface area contributed by atoms with Crippen molar-refractivity contribution in [3.63, 3.8) is 0 Å². The lowest BCUT2D eigenvalue weighted by Gasteiger charge is -2.09. The van der Waals surface area contributed by atoms with Crippen LogP contribution in [0.2, 0.25) is 0 Å². The molecule has 0 bridgehead atoms. The molecule has 7 nitrogen and oxygen atoms in total. The Morgan fingerprint density at radius 2 is 2.04 bits per heavy atom. The second kappa shape index (κ2) is 6.57. The average molecular weight is 325 g/mol. The molecule has 2 heterocycles. The molecule has 0 aliphatic heterocycles. The first-order chi connectivity index (χ1) is 11.6. The highest BCUT2D eigenvalue weighted by molar-refractivity contribution is 5.74. The standard InChI is InChI=1S/C17H19N5O2/c1-3-10-18-16-19-14-13(15(23)20-17(24)21(14)2)22(16)11-9-12-7-5-4-6-8-12/h3-8H,1,9-11H2,2H3,(H,18,19)(H,20,23,24). The highest BCUT2D eigenvalue weighted by atomic mass is 16.2. The van der Waals surface area contributed by atoms with E-state index in [-0.39, 0.29) is 0 Å². The number of hydrogen-bond acceptors (Lipinski definition) is 4. The summed E-state index contributed by atoms with van der Waals surface area (Å²) >= 11 is 0. The van der Waals surface area contributed by atoms with E-state index in [1.807, 2.05) is 34.9 Å². The van der Waals surface area contributed by atoms with Crippen LogP contribution in [-0.4, -0.2) is 25.6 Å². The van der Waals surface area contributed by atoms with Crippen LogP contribution in [0.15, 0.2) is 52.6 Å². The molecular formula is C17H19N5O2. The molecule has 0 fully saturated rings. The minimum absolute atomic E-state index is 0.364. The van der Waals surface area contributed by atoms with Crippen LogP contribution in [-0.2, 0) is 20.0 Å². The summed E-state index contributed by atoms with van der Waals surface area (Å²) in [4.78, 5) is 30.8. The molecule has 0 amide bonds. The lowest BCUT2D eigenvalue weighted by atomic mass is 10.1. The smallest absolute Gasteiger partial charge is 0.329 e. The summed E-state index contributed by atoms with van der Waals surface area (Å²) in [6.07, 6.45) is 2.46. The van der Waals surface area contributed by atoms with Gasteiger partial charge >= 0.3 is 5.69 Å². The van der Waals surface area contributed by atoms with Crippen molar-refractivity contribution in [2.75, 3.05) is 11.9 Å². The Bertz CT molecular complexity index is 982. The van der Waals surface area contributed by atoms with Gasteiger partial charge in [-0.15, -0.1) is 6.58 Å². The Morgan fingerprint density at radius 1 is 1.29 bits per heavy atom. The van der Waals surface area contributed by atoms with Gasteiger partial charge in [0.1, 0.15) is 0 Å². The molecule has 3 rings (SSSR count). The average Bonchev–Trinajstić information content (AvgIpc) is 2.96. The van der Waals surface area contributed by atoms with E-state index >= 15 is 0 Å². The Hall–Kier alpha value is -3.09. The van der Waals surface area contributed by atoms with Crippen molar-refractivity contribution in [2.45, 2.75) is 13.0 Å². The van der Waals surface area contributed by atoms with Crippen LogP contribution in [0.4, 0.5) is 5.95 Å². The largest absolute Gasteiger partial charge is 0.352 e. The van der Waals surface area contributed by atoms with Gasteiger partial charge in [-0.2, -0.15) is 4.98 Å². The zero-order chi connectivity index (χ0) is 17.1. The van der Waals surface area contributed by atoms with Crippen LogP contribution in [0.5, 0.6) is 0 Å². The minimum atomic E-state index is -0.476. The maximum Gasteiger partial charge on any atom is 0.329 e. The molecule has 24 heavy (non-hydrogen) atoms. The number of anilines is 1. The SMILES string of the molecule is C=CCNc1nc2c(c(=O)[nH]c(=O)n2C)n1CCc1ccccc1. The fourth-order valence-corrected chi connectivity index (χ4v) is 2.64. The lowest BCUT2D eigenvalue weighted by Crippen LogP contribution is -2.29. The fraction of sp³-hybridized carbons (Fsp3) is 0.235. The maximum absolute atomic E-state index is 12.3. The normalized spacial score (nSPS) is 10.9. The molecule has 0 unspecified atom stereocenters. The lowest BCUT2D eigenvalue weighted by molar-refractivity contribution is 0.716. The van der Waals surface area contributed by atoms with Gasteiger partial charge in [-0.05, 0) is 12.0 Å². The number of rotatable bonds is 6. The summed E-state index contributed by atoms with van der Waals surface area (Å²) in [5.41, 5.74) is 1.01. The van der Waals surface area contributed by atoms with Gasteiger partial charge < -0.3 is 9.88 Å². The van der Waals surface area contributed by atoms with Crippen molar-refractivity contribution in [3.05, 3.63) is 69.4 Å². The third-order valence-electron chi connectivity index (χ3n) is 3.88. The van der Waals surface area contributed by atoms with Gasteiger partial charge in [0.25, 0.3) is 5.56 Å². The van der Waals surface area contributed by atoms with Crippen LogP contribution in [0.25, 0.3) is 11.2 Å². The molecular weight excluding hydrogens is 306 g/mol. The number of nitrogens with zero attached hydrogens (tertiary/aromatic N) is 3. The van der Waals surface area contributed by atoms with Crippen LogP contribution in [0.3, 0.4) is 0 Å². The first-order valence-corrected chi connectivity index (χ1v) is 7.70. The summed E-state index contributed by atoms with van der Waals surface area (Å²) < 4.78 is 3.15.